The van der Waals surface area contributed by atoms with Crippen molar-refractivity contribution in [3.05, 3.63) is 101 Å². The number of benzene rings is 3. The number of aryl methyl sites for hydroxylation is 2. The van der Waals surface area contributed by atoms with E-state index in [2.05, 4.69) is 68.2 Å². The van der Waals surface area contributed by atoms with Crippen molar-refractivity contribution in [1.29, 1.82) is 0 Å². The normalized spacial score (nSPS) is 10.4. The van der Waals surface area contributed by atoms with E-state index in [0.717, 1.165) is 11.1 Å². The van der Waals surface area contributed by atoms with E-state index in [1.165, 1.54) is 22.3 Å². The third kappa shape index (κ3) is 4.74. The molecule has 0 bridgehead atoms. The first-order chi connectivity index (χ1) is 13.0. The number of carboxylic acids is 1. The number of carbonyl (C=O) groups is 1. The smallest absolute Gasteiger partial charge is 0.335 e. The van der Waals surface area contributed by atoms with Crippen molar-refractivity contribution in [1.82, 2.24) is 0 Å². The Kier molecular flexibility index (Phi) is 5.54. The summed E-state index contributed by atoms with van der Waals surface area (Å²) in [7, 11) is 0. The maximum absolute atomic E-state index is 10.9. The van der Waals surface area contributed by atoms with Gasteiger partial charge in [0.2, 0.25) is 0 Å². The standard InChI is InChI=1S/C25H20O2/c1-18-7-12-21(13-8-18)24-16-9-19(2)17-23(24)6-4-3-5-20-10-14-22(15-11-20)25(26)27/h4,6-17H,1-2H3,(H,26,27)/b6-4+. The van der Waals surface area contributed by atoms with Gasteiger partial charge in [-0.25, -0.2) is 4.79 Å². The fraction of sp³-hybridized carbons (Fsp3) is 0.0800. The predicted octanol–water partition coefficient (Wildman–Crippen LogP) is 5.73. The Morgan fingerprint density at radius 1 is 0.889 bits per heavy atom. The minimum absolute atomic E-state index is 0.263. The van der Waals surface area contributed by atoms with Crippen molar-refractivity contribution in [2.45, 2.75) is 13.8 Å². The molecule has 0 aliphatic heterocycles. The zero-order chi connectivity index (χ0) is 19.2. The molecule has 0 spiro atoms. The molecular formula is C25H20O2. The summed E-state index contributed by atoms with van der Waals surface area (Å²) in [5.41, 5.74) is 6.95. The van der Waals surface area contributed by atoms with Crippen molar-refractivity contribution < 1.29 is 9.90 Å². The minimum atomic E-state index is -0.933. The van der Waals surface area contributed by atoms with Crippen LogP contribution < -0.4 is 0 Å². The summed E-state index contributed by atoms with van der Waals surface area (Å²) in [4.78, 5) is 10.9. The van der Waals surface area contributed by atoms with Crippen LogP contribution in [-0.2, 0) is 0 Å². The lowest BCUT2D eigenvalue weighted by atomic mass is 9.97. The molecule has 27 heavy (non-hydrogen) atoms. The number of hydrogen-bond acceptors (Lipinski definition) is 1. The first kappa shape index (κ1) is 18.2. The molecule has 0 heterocycles. The zero-order valence-corrected chi connectivity index (χ0v) is 15.4. The third-order valence-corrected chi connectivity index (χ3v) is 4.26. The van der Waals surface area contributed by atoms with Crippen LogP contribution in [0.2, 0.25) is 0 Å². The molecule has 0 radical (unpaired) electrons. The fourth-order valence-electron chi connectivity index (χ4n) is 2.77. The first-order valence-corrected chi connectivity index (χ1v) is 8.72. The highest BCUT2D eigenvalue weighted by Gasteiger charge is 2.03. The van der Waals surface area contributed by atoms with Gasteiger partial charge in [0.25, 0.3) is 0 Å². The van der Waals surface area contributed by atoms with Crippen LogP contribution in [0.1, 0.15) is 32.6 Å². The fourth-order valence-corrected chi connectivity index (χ4v) is 2.77. The SMILES string of the molecule is Cc1ccc(-c2ccc(C)cc2/C=C/C#Cc2ccc(C(=O)O)cc2)cc1. The molecule has 0 saturated heterocycles. The van der Waals surface area contributed by atoms with E-state index < -0.39 is 5.97 Å². The highest BCUT2D eigenvalue weighted by molar-refractivity contribution is 5.87. The molecule has 0 aliphatic carbocycles. The molecule has 2 heteroatoms. The van der Waals surface area contributed by atoms with E-state index in [-0.39, 0.29) is 5.56 Å². The molecule has 1 N–H and O–H groups in total. The number of allylic oxidation sites excluding steroid dienone is 1. The Morgan fingerprint density at radius 3 is 2.22 bits per heavy atom. The Bertz CT molecular complexity index is 1040. The van der Waals surface area contributed by atoms with Crippen molar-refractivity contribution in [2.75, 3.05) is 0 Å². The average Bonchev–Trinajstić information content (AvgIpc) is 2.66. The molecule has 3 aromatic rings. The molecule has 2 nitrogen and oxygen atoms in total. The molecule has 0 unspecified atom stereocenters. The average molecular weight is 352 g/mol. The van der Waals surface area contributed by atoms with Crippen LogP contribution in [0.4, 0.5) is 0 Å². The summed E-state index contributed by atoms with van der Waals surface area (Å²) >= 11 is 0. The van der Waals surface area contributed by atoms with Crippen molar-refractivity contribution in [2.24, 2.45) is 0 Å². The van der Waals surface area contributed by atoms with E-state index >= 15 is 0 Å². The quantitative estimate of drug-likeness (QED) is 0.611. The molecule has 3 aromatic carbocycles. The van der Waals surface area contributed by atoms with Crippen molar-refractivity contribution >= 4 is 12.0 Å². The lowest BCUT2D eigenvalue weighted by Crippen LogP contribution is -1.94. The summed E-state index contributed by atoms with van der Waals surface area (Å²) in [6, 6.07) is 21.4. The van der Waals surface area contributed by atoms with Crippen LogP contribution in [0.5, 0.6) is 0 Å². The Hall–Kier alpha value is -3.57. The molecule has 0 aromatic heterocycles. The van der Waals surface area contributed by atoms with Crippen LogP contribution in [0.25, 0.3) is 17.2 Å². The van der Waals surface area contributed by atoms with Gasteiger partial charge in [0, 0.05) is 5.56 Å². The highest BCUT2D eigenvalue weighted by atomic mass is 16.4. The maximum atomic E-state index is 10.9. The molecule has 0 amide bonds. The van der Waals surface area contributed by atoms with E-state index in [9.17, 15) is 4.79 Å². The maximum Gasteiger partial charge on any atom is 0.335 e. The lowest BCUT2D eigenvalue weighted by Gasteiger charge is -2.08. The number of hydrogen-bond donors (Lipinski definition) is 1. The van der Waals surface area contributed by atoms with Gasteiger partial charge in [0.15, 0.2) is 0 Å². The van der Waals surface area contributed by atoms with Crippen LogP contribution in [0.15, 0.2) is 72.8 Å². The Labute approximate surface area is 159 Å². The van der Waals surface area contributed by atoms with Crippen LogP contribution in [0, 0.1) is 25.7 Å². The Morgan fingerprint density at radius 2 is 1.56 bits per heavy atom. The molecule has 3 rings (SSSR count). The van der Waals surface area contributed by atoms with Gasteiger partial charge in [0.1, 0.15) is 0 Å². The van der Waals surface area contributed by atoms with Gasteiger partial charge in [-0.15, -0.1) is 0 Å². The predicted molar refractivity (Wildman–Crippen MR) is 111 cm³/mol. The van der Waals surface area contributed by atoms with Gasteiger partial charge in [-0.3, -0.25) is 0 Å². The second kappa shape index (κ2) is 8.21. The molecule has 0 fully saturated rings. The number of rotatable bonds is 3. The van der Waals surface area contributed by atoms with E-state index in [1.54, 1.807) is 24.3 Å². The highest BCUT2D eigenvalue weighted by Crippen LogP contribution is 2.26. The Balaban J connectivity index is 1.84. The lowest BCUT2D eigenvalue weighted by molar-refractivity contribution is 0.0697. The minimum Gasteiger partial charge on any atom is -0.478 e. The first-order valence-electron chi connectivity index (χ1n) is 8.72. The second-order valence-electron chi connectivity index (χ2n) is 6.44. The summed E-state index contributed by atoms with van der Waals surface area (Å²) in [6.07, 6.45) is 3.85. The van der Waals surface area contributed by atoms with Crippen LogP contribution in [-0.4, -0.2) is 11.1 Å². The summed E-state index contributed by atoms with van der Waals surface area (Å²) in [5.74, 6) is 5.13. The van der Waals surface area contributed by atoms with Gasteiger partial charge in [-0.2, -0.15) is 0 Å². The molecule has 0 saturated carbocycles. The summed E-state index contributed by atoms with van der Waals surface area (Å²) in [6.45, 7) is 4.16. The monoisotopic (exact) mass is 352 g/mol. The number of carboxylic acid groups (broad SMARTS) is 1. The summed E-state index contributed by atoms with van der Waals surface area (Å²) in [5, 5.41) is 8.93. The van der Waals surface area contributed by atoms with Gasteiger partial charge < -0.3 is 5.11 Å². The molecule has 0 aliphatic rings. The van der Waals surface area contributed by atoms with E-state index in [1.807, 2.05) is 12.2 Å². The second-order valence-corrected chi connectivity index (χ2v) is 6.44. The molecule has 132 valence electrons. The number of aromatic carboxylic acids is 1. The molecular weight excluding hydrogens is 332 g/mol. The van der Waals surface area contributed by atoms with Gasteiger partial charge in [-0.1, -0.05) is 65.4 Å². The zero-order valence-electron chi connectivity index (χ0n) is 15.4. The largest absolute Gasteiger partial charge is 0.478 e. The third-order valence-electron chi connectivity index (χ3n) is 4.26. The van der Waals surface area contributed by atoms with Crippen LogP contribution in [0.3, 0.4) is 0 Å². The van der Waals surface area contributed by atoms with E-state index in [0.29, 0.717) is 0 Å². The van der Waals surface area contributed by atoms with Gasteiger partial charge in [0.05, 0.1) is 5.56 Å². The topological polar surface area (TPSA) is 37.3 Å². The van der Waals surface area contributed by atoms with Gasteiger partial charge in [-0.05, 0) is 67.0 Å². The van der Waals surface area contributed by atoms with Crippen molar-refractivity contribution in [3.63, 3.8) is 0 Å². The van der Waals surface area contributed by atoms with Crippen molar-refractivity contribution in [3.8, 4) is 23.0 Å². The summed E-state index contributed by atoms with van der Waals surface area (Å²) < 4.78 is 0. The molecule has 0 atom stereocenters. The van der Waals surface area contributed by atoms with Gasteiger partial charge >= 0.3 is 5.97 Å². The van der Waals surface area contributed by atoms with Crippen LogP contribution >= 0.6 is 0 Å². The van der Waals surface area contributed by atoms with E-state index in [4.69, 9.17) is 5.11 Å².